The maximum Gasteiger partial charge on any atom is 0.332 e. The molecular formula is C8H12N4O2. The summed E-state index contributed by atoms with van der Waals surface area (Å²) in [4.78, 5) is 18.5. The summed E-state index contributed by atoms with van der Waals surface area (Å²) in [6.07, 6.45) is 0. The van der Waals surface area contributed by atoms with Crippen molar-refractivity contribution >= 4 is 11.9 Å². The SMILES string of the molecule is CC(=O)O/N=C1\N(C)CC(C#N)N1C. The van der Waals surface area contributed by atoms with Crippen molar-refractivity contribution in [3.05, 3.63) is 0 Å². The Morgan fingerprint density at radius 3 is 2.79 bits per heavy atom. The lowest BCUT2D eigenvalue weighted by molar-refractivity contribution is -0.141. The van der Waals surface area contributed by atoms with Gasteiger partial charge in [0.1, 0.15) is 6.04 Å². The van der Waals surface area contributed by atoms with Gasteiger partial charge in [0.25, 0.3) is 0 Å². The van der Waals surface area contributed by atoms with Gasteiger partial charge in [0, 0.05) is 21.0 Å². The van der Waals surface area contributed by atoms with Crippen LogP contribution in [-0.2, 0) is 9.63 Å². The summed E-state index contributed by atoms with van der Waals surface area (Å²) >= 11 is 0. The Morgan fingerprint density at radius 2 is 2.36 bits per heavy atom. The van der Waals surface area contributed by atoms with Crippen molar-refractivity contribution in [3.8, 4) is 6.07 Å². The van der Waals surface area contributed by atoms with Gasteiger partial charge in [-0.2, -0.15) is 5.26 Å². The van der Waals surface area contributed by atoms with E-state index in [2.05, 4.69) is 16.1 Å². The molecule has 1 heterocycles. The van der Waals surface area contributed by atoms with Gasteiger partial charge in [0.15, 0.2) is 0 Å². The van der Waals surface area contributed by atoms with Crippen molar-refractivity contribution < 1.29 is 9.63 Å². The third kappa shape index (κ3) is 1.93. The molecule has 6 heteroatoms. The van der Waals surface area contributed by atoms with Crippen molar-refractivity contribution in [3.63, 3.8) is 0 Å². The summed E-state index contributed by atoms with van der Waals surface area (Å²) in [5.41, 5.74) is 0. The highest BCUT2D eigenvalue weighted by molar-refractivity contribution is 5.82. The van der Waals surface area contributed by atoms with E-state index < -0.39 is 5.97 Å². The Bertz CT molecular complexity index is 307. The van der Waals surface area contributed by atoms with E-state index >= 15 is 0 Å². The molecule has 1 atom stereocenters. The van der Waals surface area contributed by atoms with Crippen LogP contribution >= 0.6 is 0 Å². The molecule has 1 aliphatic heterocycles. The van der Waals surface area contributed by atoms with E-state index in [9.17, 15) is 4.79 Å². The number of hydrogen-bond donors (Lipinski definition) is 0. The molecule has 0 aromatic rings. The molecule has 0 amide bonds. The number of hydrogen-bond acceptors (Lipinski definition) is 4. The molecule has 0 saturated carbocycles. The molecule has 0 aromatic heterocycles. The lowest BCUT2D eigenvalue weighted by atomic mass is 10.3. The normalized spacial score (nSPS) is 23.9. The van der Waals surface area contributed by atoms with Gasteiger partial charge in [-0.25, -0.2) is 4.79 Å². The number of carbonyl (C=O) groups excluding carboxylic acids is 1. The van der Waals surface area contributed by atoms with E-state index in [1.54, 1.807) is 23.9 Å². The van der Waals surface area contributed by atoms with Crippen LogP contribution in [0, 0.1) is 11.3 Å². The standard InChI is InChI=1S/C8H12N4O2/c1-6(13)14-10-8-11(2)5-7(4-9)12(8)3/h7H,5H2,1-3H3/b10-8+. The zero-order valence-electron chi connectivity index (χ0n) is 8.39. The number of carbonyl (C=O) groups is 1. The molecule has 0 N–H and O–H groups in total. The molecule has 0 bridgehead atoms. The topological polar surface area (TPSA) is 68.9 Å². The fourth-order valence-electron chi connectivity index (χ4n) is 1.24. The monoisotopic (exact) mass is 196 g/mol. The van der Waals surface area contributed by atoms with Gasteiger partial charge in [0.05, 0.1) is 12.6 Å². The number of oxime groups is 1. The predicted octanol–water partition coefficient (Wildman–Crippen LogP) is -0.410. The highest BCUT2D eigenvalue weighted by Gasteiger charge is 2.31. The van der Waals surface area contributed by atoms with Gasteiger partial charge in [-0.1, -0.05) is 0 Å². The van der Waals surface area contributed by atoms with Gasteiger partial charge in [-0.05, 0) is 5.16 Å². The van der Waals surface area contributed by atoms with Crippen molar-refractivity contribution in [2.24, 2.45) is 5.16 Å². The third-order valence-corrected chi connectivity index (χ3v) is 1.98. The smallest absolute Gasteiger partial charge is 0.332 e. The van der Waals surface area contributed by atoms with Gasteiger partial charge < -0.3 is 14.6 Å². The molecule has 1 aliphatic rings. The van der Waals surface area contributed by atoms with Crippen LogP contribution in [0.4, 0.5) is 0 Å². The molecule has 0 spiro atoms. The molecule has 1 fully saturated rings. The van der Waals surface area contributed by atoms with E-state index in [-0.39, 0.29) is 6.04 Å². The number of nitrogens with zero attached hydrogens (tertiary/aromatic N) is 4. The zero-order chi connectivity index (χ0) is 10.7. The van der Waals surface area contributed by atoms with E-state index in [1.165, 1.54) is 6.92 Å². The van der Waals surface area contributed by atoms with Gasteiger partial charge in [-0.15, -0.1) is 0 Å². The lowest BCUT2D eigenvalue weighted by Gasteiger charge is -2.14. The Hall–Kier alpha value is -1.77. The van der Waals surface area contributed by atoms with Crippen LogP contribution in [0.15, 0.2) is 5.16 Å². The summed E-state index contributed by atoms with van der Waals surface area (Å²) in [6, 6.07) is 1.88. The Labute approximate surface area is 82.3 Å². The van der Waals surface area contributed by atoms with Crippen LogP contribution in [0.3, 0.4) is 0 Å². The molecule has 76 valence electrons. The molecule has 0 radical (unpaired) electrons. The third-order valence-electron chi connectivity index (χ3n) is 1.98. The van der Waals surface area contributed by atoms with Crippen LogP contribution in [0.2, 0.25) is 0 Å². The maximum atomic E-state index is 10.5. The number of likely N-dealkylation sites (N-methyl/N-ethyl adjacent to an activating group) is 2. The zero-order valence-corrected chi connectivity index (χ0v) is 8.39. The first-order chi connectivity index (χ1) is 6.56. The Kier molecular flexibility index (Phi) is 2.92. The molecule has 0 aliphatic carbocycles. The first-order valence-electron chi connectivity index (χ1n) is 4.15. The molecule has 1 saturated heterocycles. The molecule has 1 unspecified atom stereocenters. The minimum absolute atomic E-state index is 0.241. The van der Waals surface area contributed by atoms with Gasteiger partial charge >= 0.3 is 5.97 Å². The average molecular weight is 196 g/mol. The van der Waals surface area contributed by atoms with Crippen molar-refractivity contribution in [2.75, 3.05) is 20.6 Å². The van der Waals surface area contributed by atoms with Gasteiger partial charge in [-0.3, -0.25) is 0 Å². The van der Waals surface area contributed by atoms with E-state index in [0.29, 0.717) is 12.5 Å². The highest BCUT2D eigenvalue weighted by atomic mass is 16.7. The summed E-state index contributed by atoms with van der Waals surface area (Å²) in [6.45, 7) is 1.84. The first-order valence-corrected chi connectivity index (χ1v) is 4.15. The Balaban J connectivity index is 2.75. The van der Waals surface area contributed by atoms with Crippen LogP contribution in [0.25, 0.3) is 0 Å². The summed E-state index contributed by atoms with van der Waals surface area (Å²) in [5.74, 6) is 0.0199. The second-order valence-electron chi connectivity index (χ2n) is 3.11. The highest BCUT2D eigenvalue weighted by Crippen LogP contribution is 2.11. The van der Waals surface area contributed by atoms with Crippen molar-refractivity contribution in [1.29, 1.82) is 5.26 Å². The van der Waals surface area contributed by atoms with Crippen LogP contribution < -0.4 is 0 Å². The quantitative estimate of drug-likeness (QED) is 0.421. The summed E-state index contributed by atoms with van der Waals surface area (Å²) in [5, 5.41) is 12.4. The number of rotatable bonds is 1. The van der Waals surface area contributed by atoms with Crippen molar-refractivity contribution in [1.82, 2.24) is 9.80 Å². The second-order valence-corrected chi connectivity index (χ2v) is 3.11. The molecule has 6 nitrogen and oxygen atoms in total. The van der Waals surface area contributed by atoms with Crippen molar-refractivity contribution in [2.45, 2.75) is 13.0 Å². The number of guanidine groups is 1. The van der Waals surface area contributed by atoms with Crippen LogP contribution in [0.1, 0.15) is 6.92 Å². The maximum absolute atomic E-state index is 10.5. The predicted molar refractivity (Wildman–Crippen MR) is 49.0 cm³/mol. The molecule has 0 aromatic carbocycles. The first kappa shape index (κ1) is 10.3. The van der Waals surface area contributed by atoms with Crippen LogP contribution in [0.5, 0.6) is 0 Å². The largest absolute Gasteiger partial charge is 0.340 e. The molecule has 1 rings (SSSR count). The summed E-state index contributed by atoms with van der Waals surface area (Å²) < 4.78 is 0. The fourth-order valence-corrected chi connectivity index (χ4v) is 1.24. The Morgan fingerprint density at radius 1 is 1.71 bits per heavy atom. The van der Waals surface area contributed by atoms with Crippen LogP contribution in [-0.4, -0.2) is 48.4 Å². The molecular weight excluding hydrogens is 184 g/mol. The minimum atomic E-state index is -0.472. The van der Waals surface area contributed by atoms with E-state index in [4.69, 9.17) is 5.26 Å². The minimum Gasteiger partial charge on any atom is -0.340 e. The van der Waals surface area contributed by atoms with Gasteiger partial charge in [0.2, 0.25) is 5.96 Å². The van der Waals surface area contributed by atoms with E-state index in [0.717, 1.165) is 0 Å². The number of nitriles is 1. The summed E-state index contributed by atoms with van der Waals surface area (Å²) in [7, 11) is 3.52. The fraction of sp³-hybridized carbons (Fsp3) is 0.625. The average Bonchev–Trinajstić information content (AvgIpc) is 2.39. The van der Waals surface area contributed by atoms with E-state index in [1.807, 2.05) is 0 Å². The second kappa shape index (κ2) is 3.96. The molecule has 14 heavy (non-hydrogen) atoms. The lowest BCUT2D eigenvalue weighted by Crippen LogP contribution is -2.31.